The van der Waals surface area contributed by atoms with Crippen molar-refractivity contribution in [2.45, 2.75) is 38.5 Å². The summed E-state index contributed by atoms with van der Waals surface area (Å²) in [5.41, 5.74) is 10.2. The van der Waals surface area contributed by atoms with Crippen LogP contribution in [0.25, 0.3) is 32.7 Å². The Kier molecular flexibility index (Phi) is 9.41. The molecule has 2 fully saturated rings. The smallest absolute Gasteiger partial charge is 0.0367 e. The molecule has 0 N–H and O–H groups in total. The Morgan fingerprint density at radius 2 is 0.769 bits per heavy atom. The lowest BCUT2D eigenvalue weighted by atomic mass is 9.86. The van der Waals surface area contributed by atoms with E-state index >= 15 is 0 Å². The molecule has 0 atom stereocenters. The zero-order valence-corrected chi connectivity index (χ0v) is 29.5. The highest BCUT2D eigenvalue weighted by molar-refractivity contribution is 6.09. The molecule has 2 heteroatoms. The summed E-state index contributed by atoms with van der Waals surface area (Å²) in [4.78, 5) is 4.95. The Morgan fingerprint density at radius 3 is 1.15 bits per heavy atom. The second-order valence-corrected chi connectivity index (χ2v) is 13.8. The number of rotatable bonds is 3. The van der Waals surface area contributed by atoms with Crippen LogP contribution >= 0.6 is 0 Å². The van der Waals surface area contributed by atoms with Crippen LogP contribution in [-0.2, 0) is 0 Å². The average molecular weight is 669 g/mol. The largest absolute Gasteiger partial charge is 0.372 e. The lowest BCUT2D eigenvalue weighted by molar-refractivity contribution is 0.578. The molecule has 250 valence electrons. The molecular formula is C50H40N2. The molecule has 2 nitrogen and oxygen atoms in total. The Morgan fingerprint density at radius 1 is 0.385 bits per heavy atom. The van der Waals surface area contributed by atoms with Crippen molar-refractivity contribution >= 4 is 32.9 Å². The van der Waals surface area contributed by atoms with Crippen molar-refractivity contribution in [2.24, 2.45) is 0 Å². The van der Waals surface area contributed by atoms with E-state index in [0.29, 0.717) is 0 Å². The molecule has 0 bridgehead atoms. The number of anilines is 2. The fraction of sp³-hybridized carbons (Fsp3) is 0.200. The summed E-state index contributed by atoms with van der Waals surface area (Å²) in [6, 6.07) is 38.3. The first-order chi connectivity index (χ1) is 25.7. The van der Waals surface area contributed by atoms with Crippen LogP contribution in [0, 0.1) is 48.4 Å². The van der Waals surface area contributed by atoms with E-state index in [4.69, 9.17) is 12.8 Å². The standard InChI is InChI=1S/C50H40N2/c1-3-37-17-29-47-43(35-37)23-21-41(19-11-39-13-25-45(26-14-39)51-31-7-5-8-32-51)49(47)50-42(22-24-44-36-38(4-2)18-30-48(44)50)20-12-40-15-27-46(28-16-40)52-33-9-6-10-34-52/h1-2,13-18,21-30,35-36H,5-10,31-34H2. The minimum absolute atomic E-state index is 0.843. The van der Waals surface area contributed by atoms with E-state index < -0.39 is 0 Å². The van der Waals surface area contributed by atoms with Gasteiger partial charge in [0, 0.05) is 82.1 Å². The van der Waals surface area contributed by atoms with E-state index in [1.165, 1.54) is 49.9 Å². The first-order valence-electron chi connectivity index (χ1n) is 18.5. The molecule has 6 aromatic rings. The average Bonchev–Trinajstić information content (AvgIpc) is 3.22. The third kappa shape index (κ3) is 6.86. The molecule has 0 radical (unpaired) electrons. The van der Waals surface area contributed by atoms with Gasteiger partial charge in [0.15, 0.2) is 0 Å². The van der Waals surface area contributed by atoms with Gasteiger partial charge >= 0.3 is 0 Å². The first-order valence-corrected chi connectivity index (χ1v) is 18.5. The second kappa shape index (κ2) is 14.9. The summed E-state index contributed by atoms with van der Waals surface area (Å²) < 4.78 is 0. The van der Waals surface area contributed by atoms with Crippen LogP contribution in [0.1, 0.15) is 71.9 Å². The van der Waals surface area contributed by atoms with Crippen LogP contribution in [-0.4, -0.2) is 26.2 Å². The Balaban J connectivity index is 1.27. The van der Waals surface area contributed by atoms with Crippen molar-refractivity contribution in [1.82, 2.24) is 0 Å². The third-order valence-electron chi connectivity index (χ3n) is 10.5. The van der Waals surface area contributed by atoms with Gasteiger partial charge in [0.25, 0.3) is 0 Å². The number of hydrogen-bond donors (Lipinski definition) is 0. The van der Waals surface area contributed by atoms with Crippen LogP contribution in [0.2, 0.25) is 0 Å². The van der Waals surface area contributed by atoms with Crippen LogP contribution in [0.3, 0.4) is 0 Å². The molecule has 2 aliphatic rings. The summed E-state index contributed by atoms with van der Waals surface area (Å²) in [5, 5.41) is 4.28. The van der Waals surface area contributed by atoms with Gasteiger partial charge in [-0.1, -0.05) is 59.8 Å². The van der Waals surface area contributed by atoms with Gasteiger partial charge in [0.05, 0.1) is 0 Å². The van der Waals surface area contributed by atoms with E-state index in [1.807, 2.05) is 12.1 Å². The summed E-state index contributed by atoms with van der Waals surface area (Å²) in [6.45, 7) is 4.48. The maximum Gasteiger partial charge on any atom is 0.0367 e. The highest BCUT2D eigenvalue weighted by atomic mass is 15.1. The number of fused-ring (bicyclic) bond motifs is 2. The third-order valence-corrected chi connectivity index (χ3v) is 10.5. The lowest BCUT2D eigenvalue weighted by Crippen LogP contribution is -2.29. The molecule has 0 spiro atoms. The van der Waals surface area contributed by atoms with E-state index in [1.54, 1.807) is 0 Å². The minimum Gasteiger partial charge on any atom is -0.372 e. The molecule has 8 rings (SSSR count). The van der Waals surface area contributed by atoms with Gasteiger partial charge in [0.2, 0.25) is 0 Å². The van der Waals surface area contributed by atoms with Crippen molar-refractivity contribution < 1.29 is 0 Å². The zero-order valence-electron chi connectivity index (χ0n) is 29.5. The van der Waals surface area contributed by atoms with E-state index in [9.17, 15) is 0 Å². The molecule has 2 aliphatic heterocycles. The molecule has 6 aromatic carbocycles. The zero-order chi connectivity index (χ0) is 35.3. The van der Waals surface area contributed by atoms with Crippen molar-refractivity contribution in [1.29, 1.82) is 0 Å². The molecule has 0 amide bonds. The quantitative estimate of drug-likeness (QED) is 0.173. The lowest BCUT2D eigenvalue weighted by Gasteiger charge is -2.28. The molecule has 0 saturated carbocycles. The minimum atomic E-state index is 0.843. The van der Waals surface area contributed by atoms with Gasteiger partial charge in [-0.3, -0.25) is 0 Å². The Hall–Kier alpha value is -6.32. The normalized spacial score (nSPS) is 14.1. The van der Waals surface area contributed by atoms with Crippen LogP contribution in [0.5, 0.6) is 0 Å². The second-order valence-electron chi connectivity index (χ2n) is 13.8. The van der Waals surface area contributed by atoms with Gasteiger partial charge in [-0.2, -0.15) is 0 Å². The molecule has 0 aliphatic carbocycles. The number of piperidine rings is 2. The van der Waals surface area contributed by atoms with Gasteiger partial charge in [-0.25, -0.2) is 0 Å². The number of hydrogen-bond acceptors (Lipinski definition) is 2. The fourth-order valence-electron chi connectivity index (χ4n) is 7.68. The first kappa shape index (κ1) is 32.9. The topological polar surface area (TPSA) is 6.48 Å². The number of terminal acetylenes is 2. The van der Waals surface area contributed by atoms with E-state index in [-0.39, 0.29) is 0 Å². The van der Waals surface area contributed by atoms with Crippen molar-refractivity contribution in [3.63, 3.8) is 0 Å². The fourth-order valence-corrected chi connectivity index (χ4v) is 7.68. The van der Waals surface area contributed by atoms with Crippen molar-refractivity contribution in [2.75, 3.05) is 36.0 Å². The molecule has 52 heavy (non-hydrogen) atoms. The predicted octanol–water partition coefficient (Wildman–Crippen LogP) is 10.4. The molecule has 0 aromatic heterocycles. The molecule has 2 saturated heterocycles. The van der Waals surface area contributed by atoms with Crippen molar-refractivity contribution in [3.05, 3.63) is 143 Å². The maximum absolute atomic E-state index is 5.85. The van der Waals surface area contributed by atoms with Gasteiger partial charge in [-0.15, -0.1) is 12.8 Å². The van der Waals surface area contributed by atoms with Gasteiger partial charge in [-0.05, 0) is 145 Å². The summed E-state index contributed by atoms with van der Waals surface area (Å²) >= 11 is 0. The monoisotopic (exact) mass is 668 g/mol. The van der Waals surface area contributed by atoms with Crippen molar-refractivity contribution in [3.8, 4) is 59.5 Å². The van der Waals surface area contributed by atoms with Crippen LogP contribution < -0.4 is 9.80 Å². The summed E-state index contributed by atoms with van der Waals surface area (Å²) in [5.74, 6) is 19.8. The predicted molar refractivity (Wildman–Crippen MR) is 220 cm³/mol. The highest BCUT2D eigenvalue weighted by Gasteiger charge is 2.17. The SMILES string of the molecule is C#Cc1ccc2c(-c3c(C#Cc4ccc(N5CCCCC5)cc4)ccc4cc(C#C)ccc34)c(C#Cc3ccc(N4CCCCC4)cc3)ccc2c1. The molecule has 2 heterocycles. The molecule has 0 unspecified atom stereocenters. The Labute approximate surface area is 308 Å². The van der Waals surface area contributed by atoms with E-state index in [2.05, 4.69) is 142 Å². The summed E-state index contributed by atoms with van der Waals surface area (Å²) in [6.07, 6.45) is 19.4. The number of nitrogens with zero attached hydrogens (tertiary/aromatic N) is 2. The highest BCUT2D eigenvalue weighted by Crippen LogP contribution is 2.39. The molecular weight excluding hydrogens is 629 g/mol. The van der Waals surface area contributed by atoms with Crippen LogP contribution in [0.15, 0.2) is 109 Å². The van der Waals surface area contributed by atoms with E-state index in [0.717, 1.165) is 92.2 Å². The number of benzene rings is 6. The van der Waals surface area contributed by atoms with Crippen LogP contribution in [0.4, 0.5) is 11.4 Å². The van der Waals surface area contributed by atoms with Gasteiger partial charge < -0.3 is 9.80 Å². The Bertz CT molecular complexity index is 2310. The van der Waals surface area contributed by atoms with Gasteiger partial charge in [0.1, 0.15) is 0 Å². The maximum atomic E-state index is 5.85. The summed E-state index contributed by atoms with van der Waals surface area (Å²) in [7, 11) is 0.